The molecule has 0 spiro atoms. The Kier molecular flexibility index (Phi) is 7.03. The van der Waals surface area contributed by atoms with Gasteiger partial charge >= 0.3 is 11.8 Å². The fourth-order valence-electron chi connectivity index (χ4n) is 2.62. The highest BCUT2D eigenvalue weighted by Gasteiger charge is 2.17. The maximum absolute atomic E-state index is 11.9. The highest BCUT2D eigenvalue weighted by Crippen LogP contribution is 2.10. The fourth-order valence-corrected chi connectivity index (χ4v) is 2.62. The smallest absolute Gasteiger partial charge is 0.309 e. The van der Waals surface area contributed by atoms with Crippen molar-refractivity contribution in [3.8, 4) is 0 Å². The Labute approximate surface area is 137 Å². The van der Waals surface area contributed by atoms with E-state index in [0.717, 1.165) is 44.8 Å². The summed E-state index contributed by atoms with van der Waals surface area (Å²) in [5.74, 6) is -1.15. The third kappa shape index (κ3) is 6.00. The first-order valence-electron chi connectivity index (χ1n) is 8.22. The summed E-state index contributed by atoms with van der Waals surface area (Å²) < 4.78 is 5.31. The topological polar surface area (TPSA) is 71.9 Å². The molecule has 0 saturated carbocycles. The average Bonchev–Trinajstić information content (AvgIpc) is 2.60. The lowest BCUT2D eigenvalue weighted by Gasteiger charge is -2.23. The Morgan fingerprint density at radius 3 is 2.57 bits per heavy atom. The van der Waals surface area contributed by atoms with Crippen molar-refractivity contribution in [2.75, 3.05) is 39.4 Å². The van der Waals surface area contributed by atoms with E-state index in [-0.39, 0.29) is 6.04 Å². The number of amides is 2. The highest BCUT2D eigenvalue weighted by molar-refractivity contribution is 6.35. The van der Waals surface area contributed by atoms with Crippen LogP contribution in [-0.2, 0) is 14.3 Å². The summed E-state index contributed by atoms with van der Waals surface area (Å²) in [6.07, 6.45) is 0.864. The number of carbonyl (C=O) groups is 2. The lowest BCUT2D eigenvalue weighted by atomic mass is 10.1. The molecule has 1 heterocycles. The summed E-state index contributed by atoms with van der Waals surface area (Å²) in [5.41, 5.74) is 0.976. The van der Waals surface area contributed by atoms with Gasteiger partial charge in [-0.05, 0) is 12.5 Å². The first kappa shape index (κ1) is 17.4. The Hall–Kier alpha value is -1.92. The molecular weight excluding hydrogens is 294 g/mol. The normalized spacial score (nSPS) is 16.6. The van der Waals surface area contributed by atoms with Crippen LogP contribution in [0.15, 0.2) is 30.3 Å². The van der Waals surface area contributed by atoms with E-state index < -0.39 is 11.8 Å². The number of carbonyl (C=O) groups excluding carboxylic acids is 2. The van der Waals surface area contributed by atoms with Gasteiger partial charge in [0.25, 0.3) is 0 Å². The van der Waals surface area contributed by atoms with E-state index in [2.05, 4.69) is 10.6 Å². The van der Waals surface area contributed by atoms with Crippen LogP contribution in [0.3, 0.4) is 0 Å². The summed E-state index contributed by atoms with van der Waals surface area (Å²) in [5, 5.41) is 5.40. The third-order valence-electron chi connectivity index (χ3n) is 4.05. The van der Waals surface area contributed by atoms with Gasteiger partial charge in [-0.3, -0.25) is 9.59 Å². The molecule has 1 aromatic rings. The van der Waals surface area contributed by atoms with Crippen LogP contribution in [-0.4, -0.2) is 51.2 Å². The van der Waals surface area contributed by atoms with E-state index in [0.29, 0.717) is 6.54 Å². The quantitative estimate of drug-likeness (QED) is 0.479. The molecule has 1 fully saturated rings. The predicted molar refractivity (Wildman–Crippen MR) is 87.0 cm³/mol. The number of quaternary nitrogens is 1. The van der Waals surface area contributed by atoms with Crippen LogP contribution in [0.25, 0.3) is 0 Å². The summed E-state index contributed by atoms with van der Waals surface area (Å²) in [6, 6.07) is 9.40. The Morgan fingerprint density at radius 1 is 1.17 bits per heavy atom. The molecule has 2 rings (SSSR count). The van der Waals surface area contributed by atoms with Crippen LogP contribution in [0.1, 0.15) is 24.9 Å². The highest BCUT2D eigenvalue weighted by atomic mass is 16.5. The zero-order chi connectivity index (χ0) is 16.5. The number of benzene rings is 1. The zero-order valence-electron chi connectivity index (χ0n) is 13.6. The maximum Gasteiger partial charge on any atom is 0.309 e. The van der Waals surface area contributed by atoms with Crippen LogP contribution in [0.2, 0.25) is 0 Å². The summed E-state index contributed by atoms with van der Waals surface area (Å²) >= 11 is 0. The van der Waals surface area contributed by atoms with Crippen molar-refractivity contribution in [2.24, 2.45) is 0 Å². The molecule has 1 atom stereocenters. The standard InChI is InChI=1S/C17H25N3O3/c1-14(15-6-3-2-4-7-15)19-17(22)16(21)18-8-5-9-20-10-12-23-13-11-20/h2-4,6-7,14H,5,8-13H2,1H3,(H,18,21)(H,19,22)/p+1/t14-/m0/s1. The summed E-state index contributed by atoms with van der Waals surface area (Å²) in [6.45, 7) is 7.03. The van der Waals surface area contributed by atoms with Crippen molar-refractivity contribution >= 4 is 11.8 Å². The molecule has 0 aliphatic carbocycles. The SMILES string of the molecule is C[C@H](NC(=O)C(=O)NCCC[NH+]1CCOCC1)c1ccccc1. The molecule has 1 aromatic carbocycles. The van der Waals surface area contributed by atoms with Gasteiger partial charge < -0.3 is 20.3 Å². The largest absolute Gasteiger partial charge is 0.370 e. The molecule has 1 aliphatic heterocycles. The van der Waals surface area contributed by atoms with Crippen molar-refractivity contribution in [3.63, 3.8) is 0 Å². The van der Waals surface area contributed by atoms with Crippen molar-refractivity contribution in [3.05, 3.63) is 35.9 Å². The molecule has 0 bridgehead atoms. The van der Waals surface area contributed by atoms with E-state index >= 15 is 0 Å². The number of hydrogen-bond donors (Lipinski definition) is 3. The van der Waals surface area contributed by atoms with Gasteiger partial charge in [0.15, 0.2) is 0 Å². The lowest BCUT2D eigenvalue weighted by molar-refractivity contribution is -0.908. The molecule has 1 aliphatic rings. The molecule has 0 aromatic heterocycles. The predicted octanol–water partition coefficient (Wildman–Crippen LogP) is -0.715. The van der Waals surface area contributed by atoms with Gasteiger partial charge in [0.05, 0.1) is 25.8 Å². The number of hydrogen-bond acceptors (Lipinski definition) is 3. The third-order valence-corrected chi connectivity index (χ3v) is 4.05. The minimum Gasteiger partial charge on any atom is -0.370 e. The van der Waals surface area contributed by atoms with Crippen LogP contribution < -0.4 is 15.5 Å². The second-order valence-electron chi connectivity index (χ2n) is 5.83. The van der Waals surface area contributed by atoms with E-state index in [1.54, 1.807) is 0 Å². The Morgan fingerprint density at radius 2 is 1.87 bits per heavy atom. The molecule has 0 unspecified atom stereocenters. The second-order valence-corrected chi connectivity index (χ2v) is 5.83. The minimum absolute atomic E-state index is 0.188. The van der Waals surface area contributed by atoms with Gasteiger partial charge in [-0.1, -0.05) is 30.3 Å². The van der Waals surface area contributed by atoms with Gasteiger partial charge in [-0.15, -0.1) is 0 Å². The number of ether oxygens (including phenoxy) is 1. The molecule has 23 heavy (non-hydrogen) atoms. The van der Waals surface area contributed by atoms with E-state index in [4.69, 9.17) is 4.74 Å². The molecule has 6 heteroatoms. The van der Waals surface area contributed by atoms with Gasteiger partial charge in [0, 0.05) is 13.0 Å². The van der Waals surface area contributed by atoms with Gasteiger partial charge in [0.2, 0.25) is 0 Å². The van der Waals surface area contributed by atoms with E-state index in [9.17, 15) is 9.59 Å². The summed E-state index contributed by atoms with van der Waals surface area (Å²) in [7, 11) is 0. The van der Waals surface area contributed by atoms with Gasteiger partial charge in [-0.25, -0.2) is 0 Å². The summed E-state index contributed by atoms with van der Waals surface area (Å²) in [4.78, 5) is 25.2. The molecule has 0 radical (unpaired) electrons. The molecule has 2 amide bonds. The first-order valence-corrected chi connectivity index (χ1v) is 8.22. The molecule has 3 N–H and O–H groups in total. The molecular formula is C17H26N3O3+. The lowest BCUT2D eigenvalue weighted by Crippen LogP contribution is -3.14. The first-order chi connectivity index (χ1) is 11.2. The second kappa shape index (κ2) is 9.27. The number of morpholine rings is 1. The van der Waals surface area contributed by atoms with Crippen molar-refractivity contribution < 1.29 is 19.2 Å². The van der Waals surface area contributed by atoms with Gasteiger partial charge in [-0.2, -0.15) is 0 Å². The van der Waals surface area contributed by atoms with Crippen molar-refractivity contribution in [2.45, 2.75) is 19.4 Å². The van der Waals surface area contributed by atoms with Crippen LogP contribution in [0.4, 0.5) is 0 Å². The van der Waals surface area contributed by atoms with Crippen LogP contribution >= 0.6 is 0 Å². The Bertz CT molecular complexity index is 501. The molecule has 1 saturated heterocycles. The van der Waals surface area contributed by atoms with Gasteiger partial charge in [0.1, 0.15) is 13.1 Å². The van der Waals surface area contributed by atoms with Crippen LogP contribution in [0.5, 0.6) is 0 Å². The van der Waals surface area contributed by atoms with E-state index in [1.807, 2.05) is 37.3 Å². The minimum atomic E-state index is -0.583. The van der Waals surface area contributed by atoms with Crippen LogP contribution in [0, 0.1) is 0 Å². The number of nitrogens with one attached hydrogen (secondary N) is 3. The van der Waals surface area contributed by atoms with E-state index in [1.165, 1.54) is 4.90 Å². The molecule has 126 valence electrons. The van der Waals surface area contributed by atoms with Crippen molar-refractivity contribution in [1.29, 1.82) is 0 Å². The maximum atomic E-state index is 11.9. The number of rotatable bonds is 6. The Balaban J connectivity index is 1.63. The molecule has 6 nitrogen and oxygen atoms in total. The van der Waals surface area contributed by atoms with Crippen molar-refractivity contribution in [1.82, 2.24) is 10.6 Å². The average molecular weight is 320 g/mol. The zero-order valence-corrected chi connectivity index (χ0v) is 13.6. The fraction of sp³-hybridized carbons (Fsp3) is 0.529. The monoisotopic (exact) mass is 320 g/mol.